The third-order valence-corrected chi connectivity index (χ3v) is 2.64. The summed E-state index contributed by atoms with van der Waals surface area (Å²) in [6.45, 7) is 7.18. The van der Waals surface area contributed by atoms with E-state index < -0.39 is 12.0 Å². The number of rotatable bonds is 5. The minimum absolute atomic E-state index is 0.200. The monoisotopic (exact) mass is 247 g/mol. The Morgan fingerprint density at radius 2 is 2.11 bits per heavy atom. The van der Waals surface area contributed by atoms with E-state index in [2.05, 4.69) is 11.9 Å². The molecule has 0 bridgehead atoms. The van der Waals surface area contributed by atoms with E-state index in [-0.39, 0.29) is 12.3 Å². The second-order valence-corrected chi connectivity index (χ2v) is 4.21. The van der Waals surface area contributed by atoms with E-state index >= 15 is 0 Å². The van der Waals surface area contributed by atoms with E-state index in [1.54, 1.807) is 6.07 Å². The Morgan fingerprint density at radius 3 is 2.67 bits per heavy atom. The van der Waals surface area contributed by atoms with Crippen LogP contribution >= 0.6 is 0 Å². The summed E-state index contributed by atoms with van der Waals surface area (Å²) >= 11 is 0. The molecule has 1 aromatic carbocycles. The number of carbonyl (C=O) groups excluding carboxylic acids is 1. The number of carboxylic acids is 1. The maximum atomic E-state index is 12.0. The van der Waals surface area contributed by atoms with Crippen molar-refractivity contribution in [3.63, 3.8) is 0 Å². The maximum Gasteiger partial charge on any atom is 0.326 e. The first-order valence-electron chi connectivity index (χ1n) is 5.67. The van der Waals surface area contributed by atoms with E-state index in [9.17, 15) is 9.59 Å². The number of aliphatic carboxylic acids is 1. The second-order valence-electron chi connectivity index (χ2n) is 4.21. The maximum absolute atomic E-state index is 12.0. The fraction of sp³-hybridized carbons (Fsp3) is 0.286. The first-order valence-corrected chi connectivity index (χ1v) is 5.67. The summed E-state index contributed by atoms with van der Waals surface area (Å²) in [5.74, 6) is -1.43. The SMILES string of the molecule is C=CCC(NC(=O)c1cc(C)ccc1C)C(=O)O. The molecule has 0 aliphatic rings. The van der Waals surface area contributed by atoms with Gasteiger partial charge in [0.25, 0.3) is 5.91 Å². The van der Waals surface area contributed by atoms with Gasteiger partial charge in [0.15, 0.2) is 0 Å². The lowest BCUT2D eigenvalue weighted by Gasteiger charge is -2.14. The van der Waals surface area contributed by atoms with Gasteiger partial charge in [-0.05, 0) is 31.9 Å². The lowest BCUT2D eigenvalue weighted by molar-refractivity contribution is -0.139. The Kier molecular flexibility index (Phi) is 4.66. The summed E-state index contributed by atoms with van der Waals surface area (Å²) in [5, 5.41) is 11.5. The van der Waals surface area contributed by atoms with Crippen molar-refractivity contribution >= 4 is 11.9 Å². The number of carbonyl (C=O) groups is 2. The third kappa shape index (κ3) is 3.45. The molecule has 18 heavy (non-hydrogen) atoms. The van der Waals surface area contributed by atoms with E-state index in [1.807, 2.05) is 26.0 Å². The molecule has 0 fully saturated rings. The van der Waals surface area contributed by atoms with Gasteiger partial charge in [-0.3, -0.25) is 4.79 Å². The van der Waals surface area contributed by atoms with Crippen LogP contribution in [0.2, 0.25) is 0 Å². The van der Waals surface area contributed by atoms with Crippen LogP contribution in [0.15, 0.2) is 30.9 Å². The van der Waals surface area contributed by atoms with Gasteiger partial charge >= 0.3 is 5.97 Å². The number of carboxylic acid groups (broad SMARTS) is 1. The molecular formula is C14H17NO3. The molecule has 0 saturated carbocycles. The molecule has 96 valence electrons. The van der Waals surface area contributed by atoms with Crippen LogP contribution in [0, 0.1) is 13.8 Å². The zero-order chi connectivity index (χ0) is 13.7. The van der Waals surface area contributed by atoms with Crippen LogP contribution in [0.5, 0.6) is 0 Å². The molecule has 1 rings (SSSR count). The van der Waals surface area contributed by atoms with Crippen molar-refractivity contribution in [2.24, 2.45) is 0 Å². The highest BCUT2D eigenvalue weighted by molar-refractivity contribution is 5.98. The summed E-state index contributed by atoms with van der Waals surface area (Å²) in [6, 6.07) is 4.56. The molecule has 0 saturated heterocycles. The van der Waals surface area contributed by atoms with Crippen molar-refractivity contribution in [2.45, 2.75) is 26.3 Å². The number of hydrogen-bond acceptors (Lipinski definition) is 2. The molecule has 0 spiro atoms. The largest absolute Gasteiger partial charge is 0.480 e. The Morgan fingerprint density at radius 1 is 1.44 bits per heavy atom. The third-order valence-electron chi connectivity index (χ3n) is 2.64. The summed E-state index contributed by atoms with van der Waals surface area (Å²) in [6.07, 6.45) is 1.67. The predicted molar refractivity (Wildman–Crippen MR) is 69.6 cm³/mol. The number of hydrogen-bond donors (Lipinski definition) is 2. The Bertz CT molecular complexity index is 480. The number of nitrogens with one attached hydrogen (secondary N) is 1. The Labute approximate surface area is 106 Å². The van der Waals surface area contributed by atoms with Crippen LogP contribution in [-0.4, -0.2) is 23.0 Å². The number of aryl methyl sites for hydroxylation is 2. The van der Waals surface area contributed by atoms with Crippen LogP contribution in [-0.2, 0) is 4.79 Å². The van der Waals surface area contributed by atoms with E-state index in [0.717, 1.165) is 11.1 Å². The predicted octanol–water partition coefficient (Wildman–Crippen LogP) is 2.06. The Balaban J connectivity index is 2.89. The fourth-order valence-electron chi connectivity index (χ4n) is 1.60. The normalized spacial score (nSPS) is 11.7. The first kappa shape index (κ1) is 14.0. The summed E-state index contributed by atoms with van der Waals surface area (Å²) in [5.41, 5.74) is 2.28. The van der Waals surface area contributed by atoms with Gasteiger partial charge in [0.1, 0.15) is 6.04 Å². The van der Waals surface area contributed by atoms with Gasteiger partial charge in [-0.15, -0.1) is 6.58 Å². The van der Waals surface area contributed by atoms with Crippen molar-refractivity contribution in [3.8, 4) is 0 Å². The van der Waals surface area contributed by atoms with Gasteiger partial charge in [-0.2, -0.15) is 0 Å². The Hall–Kier alpha value is -2.10. The van der Waals surface area contributed by atoms with E-state index in [0.29, 0.717) is 5.56 Å². The zero-order valence-corrected chi connectivity index (χ0v) is 10.6. The number of benzene rings is 1. The molecule has 1 unspecified atom stereocenters. The lowest BCUT2D eigenvalue weighted by atomic mass is 10.0. The van der Waals surface area contributed by atoms with Crippen molar-refractivity contribution in [1.82, 2.24) is 5.32 Å². The van der Waals surface area contributed by atoms with Gasteiger partial charge < -0.3 is 10.4 Å². The number of amides is 1. The van der Waals surface area contributed by atoms with Crippen molar-refractivity contribution in [2.75, 3.05) is 0 Å². The molecular weight excluding hydrogens is 230 g/mol. The first-order chi connectivity index (χ1) is 8.45. The van der Waals surface area contributed by atoms with E-state index in [1.165, 1.54) is 6.08 Å². The van der Waals surface area contributed by atoms with Gasteiger partial charge in [0.05, 0.1) is 0 Å². The highest BCUT2D eigenvalue weighted by Gasteiger charge is 2.19. The molecule has 4 heteroatoms. The molecule has 1 amide bonds. The summed E-state index contributed by atoms with van der Waals surface area (Å²) in [7, 11) is 0. The highest BCUT2D eigenvalue weighted by atomic mass is 16.4. The van der Waals surface area contributed by atoms with Crippen LogP contribution < -0.4 is 5.32 Å². The quantitative estimate of drug-likeness (QED) is 0.783. The van der Waals surface area contributed by atoms with Crippen LogP contribution in [0.4, 0.5) is 0 Å². The molecule has 0 aliphatic carbocycles. The van der Waals surface area contributed by atoms with Crippen molar-refractivity contribution in [1.29, 1.82) is 0 Å². The smallest absolute Gasteiger partial charge is 0.326 e. The van der Waals surface area contributed by atoms with Crippen LogP contribution in [0.25, 0.3) is 0 Å². The summed E-state index contributed by atoms with van der Waals surface area (Å²) in [4.78, 5) is 22.9. The molecule has 4 nitrogen and oxygen atoms in total. The van der Waals surface area contributed by atoms with Crippen molar-refractivity contribution < 1.29 is 14.7 Å². The molecule has 1 atom stereocenters. The minimum Gasteiger partial charge on any atom is -0.480 e. The van der Waals surface area contributed by atoms with E-state index in [4.69, 9.17) is 5.11 Å². The lowest BCUT2D eigenvalue weighted by Crippen LogP contribution is -2.40. The molecule has 0 aliphatic heterocycles. The van der Waals surface area contributed by atoms with Gasteiger partial charge in [-0.25, -0.2) is 4.79 Å². The van der Waals surface area contributed by atoms with Crippen molar-refractivity contribution in [3.05, 3.63) is 47.5 Å². The highest BCUT2D eigenvalue weighted by Crippen LogP contribution is 2.11. The van der Waals surface area contributed by atoms with Gasteiger partial charge in [0, 0.05) is 5.56 Å². The topological polar surface area (TPSA) is 66.4 Å². The molecule has 2 N–H and O–H groups in total. The standard InChI is InChI=1S/C14H17NO3/c1-4-5-12(14(17)18)15-13(16)11-8-9(2)6-7-10(11)3/h4,6-8,12H,1,5H2,2-3H3,(H,15,16)(H,17,18). The molecule has 0 radical (unpaired) electrons. The van der Waals surface area contributed by atoms with Crippen LogP contribution in [0.1, 0.15) is 27.9 Å². The molecule has 0 aromatic heterocycles. The van der Waals surface area contributed by atoms with Crippen LogP contribution in [0.3, 0.4) is 0 Å². The molecule has 1 aromatic rings. The molecule has 0 heterocycles. The minimum atomic E-state index is -1.06. The average Bonchev–Trinajstić information content (AvgIpc) is 2.31. The van der Waals surface area contributed by atoms with Gasteiger partial charge in [0.2, 0.25) is 0 Å². The second kappa shape index (κ2) is 6.00. The summed E-state index contributed by atoms with van der Waals surface area (Å²) < 4.78 is 0. The van der Waals surface area contributed by atoms with Gasteiger partial charge in [-0.1, -0.05) is 23.8 Å². The fourth-order valence-corrected chi connectivity index (χ4v) is 1.60. The zero-order valence-electron chi connectivity index (χ0n) is 10.6. The average molecular weight is 247 g/mol.